The molecule has 3 rings (SSSR count). The number of halogens is 1. The Bertz CT molecular complexity index is 974. The fourth-order valence-corrected chi connectivity index (χ4v) is 3.00. The highest BCUT2D eigenvalue weighted by Crippen LogP contribution is 2.42. The predicted molar refractivity (Wildman–Crippen MR) is 97.0 cm³/mol. The number of rotatable bonds is 4. The molecule has 0 unspecified atom stereocenters. The second-order valence-electron chi connectivity index (χ2n) is 5.81. The van der Waals surface area contributed by atoms with Crippen molar-refractivity contribution in [3.63, 3.8) is 0 Å². The molecule has 1 atom stereocenters. The summed E-state index contributed by atoms with van der Waals surface area (Å²) in [6, 6.07) is 16.6. The topological polar surface area (TPSA) is 85.3 Å². The Hall–Kier alpha value is -3.59. The number of nitrogens with zero attached hydrogens (tertiary/aromatic N) is 1. The first-order valence-electron chi connectivity index (χ1n) is 8.36. The van der Waals surface area contributed by atoms with Gasteiger partial charge in [-0.15, -0.1) is 0 Å². The van der Waals surface area contributed by atoms with Crippen LogP contribution in [0.25, 0.3) is 5.76 Å². The molecular formula is C21H17FN2O3. The predicted octanol–water partition coefficient (Wildman–Crippen LogP) is 3.61. The van der Waals surface area contributed by atoms with Gasteiger partial charge in [-0.1, -0.05) is 42.5 Å². The van der Waals surface area contributed by atoms with E-state index in [0.29, 0.717) is 11.1 Å². The van der Waals surface area contributed by atoms with Crippen LogP contribution in [0.1, 0.15) is 24.0 Å². The van der Waals surface area contributed by atoms with E-state index in [-0.39, 0.29) is 29.4 Å². The Kier molecular flexibility index (Phi) is 5.23. The third-order valence-electron chi connectivity index (χ3n) is 4.13. The average Bonchev–Trinajstić information content (AvgIpc) is 2.68. The van der Waals surface area contributed by atoms with Gasteiger partial charge in [-0.3, -0.25) is 0 Å². The van der Waals surface area contributed by atoms with Crippen molar-refractivity contribution in [3.8, 4) is 6.07 Å². The molecule has 0 radical (unpaired) electrons. The van der Waals surface area contributed by atoms with Gasteiger partial charge in [0, 0.05) is 5.56 Å². The largest absolute Gasteiger partial charge is 0.463 e. The number of allylic oxidation sites excluding steroid dienone is 1. The number of nitriles is 1. The molecule has 1 aliphatic heterocycles. The van der Waals surface area contributed by atoms with Crippen LogP contribution in [0.3, 0.4) is 0 Å². The molecule has 0 bridgehead atoms. The summed E-state index contributed by atoms with van der Waals surface area (Å²) >= 11 is 0. The summed E-state index contributed by atoms with van der Waals surface area (Å²) in [6.45, 7) is 1.82. The molecule has 0 aliphatic carbocycles. The molecule has 27 heavy (non-hydrogen) atoms. The number of ether oxygens (including phenoxy) is 2. The zero-order valence-corrected chi connectivity index (χ0v) is 14.6. The molecule has 0 saturated carbocycles. The summed E-state index contributed by atoms with van der Waals surface area (Å²) in [5, 5.41) is 9.61. The van der Waals surface area contributed by atoms with Crippen LogP contribution in [0.5, 0.6) is 0 Å². The Morgan fingerprint density at radius 2 is 2.00 bits per heavy atom. The van der Waals surface area contributed by atoms with E-state index in [0.717, 1.165) is 0 Å². The zero-order chi connectivity index (χ0) is 19.4. The van der Waals surface area contributed by atoms with Gasteiger partial charge in [-0.2, -0.15) is 5.26 Å². The normalized spacial score (nSPS) is 16.6. The van der Waals surface area contributed by atoms with Gasteiger partial charge in [0.2, 0.25) is 5.88 Å². The number of benzene rings is 2. The van der Waals surface area contributed by atoms with Crippen molar-refractivity contribution in [1.29, 1.82) is 5.26 Å². The summed E-state index contributed by atoms with van der Waals surface area (Å²) in [5.41, 5.74) is 7.13. The SMILES string of the molecule is CCOC(=O)C1=C(c2ccccc2)OC(N)=C(C#N)[C@@H]1c1cccc(F)c1. The van der Waals surface area contributed by atoms with Gasteiger partial charge in [0.25, 0.3) is 0 Å². The van der Waals surface area contributed by atoms with Gasteiger partial charge in [-0.05, 0) is 24.6 Å². The number of hydrogen-bond donors (Lipinski definition) is 1. The van der Waals surface area contributed by atoms with E-state index in [2.05, 4.69) is 0 Å². The summed E-state index contributed by atoms with van der Waals surface area (Å²) in [7, 11) is 0. The molecule has 2 aromatic rings. The zero-order valence-electron chi connectivity index (χ0n) is 14.6. The highest BCUT2D eigenvalue weighted by atomic mass is 19.1. The lowest BCUT2D eigenvalue weighted by Gasteiger charge is -2.28. The van der Waals surface area contributed by atoms with Crippen molar-refractivity contribution in [2.24, 2.45) is 5.73 Å². The molecule has 0 fully saturated rings. The summed E-state index contributed by atoms with van der Waals surface area (Å²) in [5.74, 6) is -1.96. The van der Waals surface area contributed by atoms with Crippen LogP contribution in [0.15, 0.2) is 71.6 Å². The van der Waals surface area contributed by atoms with Crippen molar-refractivity contribution >= 4 is 11.7 Å². The molecule has 0 aromatic heterocycles. The van der Waals surface area contributed by atoms with Gasteiger partial charge in [0.15, 0.2) is 0 Å². The van der Waals surface area contributed by atoms with Crippen LogP contribution >= 0.6 is 0 Å². The lowest BCUT2D eigenvalue weighted by atomic mass is 9.82. The molecule has 1 heterocycles. The molecule has 136 valence electrons. The van der Waals surface area contributed by atoms with E-state index in [4.69, 9.17) is 15.2 Å². The van der Waals surface area contributed by atoms with Crippen LogP contribution in [0.2, 0.25) is 0 Å². The monoisotopic (exact) mass is 364 g/mol. The maximum absolute atomic E-state index is 13.9. The first-order valence-corrected chi connectivity index (χ1v) is 8.36. The van der Waals surface area contributed by atoms with Gasteiger partial charge in [0.05, 0.1) is 18.1 Å². The molecular weight excluding hydrogens is 347 g/mol. The molecule has 5 nitrogen and oxygen atoms in total. The molecule has 1 aliphatic rings. The van der Waals surface area contributed by atoms with E-state index in [9.17, 15) is 14.4 Å². The third-order valence-corrected chi connectivity index (χ3v) is 4.13. The second kappa shape index (κ2) is 7.75. The van der Waals surface area contributed by atoms with Crippen molar-refractivity contribution in [1.82, 2.24) is 0 Å². The number of hydrogen-bond acceptors (Lipinski definition) is 5. The van der Waals surface area contributed by atoms with Crippen LogP contribution in [0.4, 0.5) is 4.39 Å². The van der Waals surface area contributed by atoms with Crippen molar-refractivity contribution in [2.45, 2.75) is 12.8 Å². The number of esters is 1. The average molecular weight is 364 g/mol. The number of nitrogens with two attached hydrogens (primary N) is 1. The molecule has 0 spiro atoms. The van der Waals surface area contributed by atoms with Gasteiger partial charge >= 0.3 is 5.97 Å². The molecule has 6 heteroatoms. The standard InChI is InChI=1S/C21H17FN2O3/c1-2-26-21(25)18-17(14-9-6-10-15(22)11-14)16(12-23)20(24)27-19(18)13-7-4-3-5-8-13/h3-11,17H,2,24H2,1H3/t17-/m0/s1. The van der Waals surface area contributed by atoms with Crippen LogP contribution in [0, 0.1) is 17.1 Å². The smallest absolute Gasteiger partial charge is 0.338 e. The first-order chi connectivity index (χ1) is 13.1. The van der Waals surface area contributed by atoms with Crippen LogP contribution in [-0.4, -0.2) is 12.6 Å². The maximum Gasteiger partial charge on any atom is 0.338 e. The Balaban J connectivity index is 2.28. The van der Waals surface area contributed by atoms with Crippen molar-refractivity contribution in [3.05, 3.63) is 88.6 Å². The third kappa shape index (κ3) is 3.53. The first kappa shape index (κ1) is 18.2. The van der Waals surface area contributed by atoms with E-state index in [1.165, 1.54) is 18.2 Å². The summed E-state index contributed by atoms with van der Waals surface area (Å²) < 4.78 is 24.7. The minimum Gasteiger partial charge on any atom is -0.463 e. The fraction of sp³-hybridized carbons (Fsp3) is 0.143. The number of carbonyl (C=O) groups excluding carboxylic acids is 1. The van der Waals surface area contributed by atoms with Crippen molar-refractivity contribution in [2.75, 3.05) is 6.61 Å². The summed E-state index contributed by atoms with van der Waals surface area (Å²) in [4.78, 5) is 12.8. The van der Waals surface area contributed by atoms with Crippen molar-refractivity contribution < 1.29 is 18.7 Å². The Morgan fingerprint density at radius 1 is 1.26 bits per heavy atom. The van der Waals surface area contributed by atoms with Gasteiger partial charge in [-0.25, -0.2) is 9.18 Å². The molecule has 2 N–H and O–H groups in total. The molecule has 0 saturated heterocycles. The van der Waals surface area contributed by atoms with E-state index in [1.54, 1.807) is 37.3 Å². The quantitative estimate of drug-likeness (QED) is 0.838. The lowest BCUT2D eigenvalue weighted by Crippen LogP contribution is -2.26. The highest BCUT2D eigenvalue weighted by Gasteiger charge is 2.38. The fourth-order valence-electron chi connectivity index (χ4n) is 3.00. The molecule has 2 aromatic carbocycles. The van der Waals surface area contributed by atoms with E-state index >= 15 is 0 Å². The highest BCUT2D eigenvalue weighted by molar-refractivity contribution is 5.99. The van der Waals surface area contributed by atoms with Gasteiger partial charge in [0.1, 0.15) is 23.2 Å². The Labute approximate surface area is 156 Å². The lowest BCUT2D eigenvalue weighted by molar-refractivity contribution is -0.138. The van der Waals surface area contributed by atoms with E-state index in [1.807, 2.05) is 12.1 Å². The van der Waals surface area contributed by atoms with E-state index < -0.39 is 17.7 Å². The minimum atomic E-state index is -0.895. The van der Waals surface area contributed by atoms with Crippen LogP contribution in [-0.2, 0) is 14.3 Å². The van der Waals surface area contributed by atoms with Gasteiger partial charge < -0.3 is 15.2 Å². The Morgan fingerprint density at radius 3 is 2.63 bits per heavy atom. The number of carbonyl (C=O) groups is 1. The second-order valence-corrected chi connectivity index (χ2v) is 5.81. The van der Waals surface area contributed by atoms with Crippen LogP contribution < -0.4 is 5.73 Å². The minimum absolute atomic E-state index is 0.0309. The maximum atomic E-state index is 13.9. The molecule has 0 amide bonds. The summed E-state index contributed by atoms with van der Waals surface area (Å²) in [6.07, 6.45) is 0.